The van der Waals surface area contributed by atoms with Gasteiger partial charge < -0.3 is 25.4 Å². The number of hydrogen-bond donors (Lipinski definition) is 3. The lowest BCUT2D eigenvalue weighted by atomic mass is 9.85. The first-order valence-corrected chi connectivity index (χ1v) is 15.3. The van der Waals surface area contributed by atoms with E-state index in [0.717, 1.165) is 58.3 Å². The summed E-state index contributed by atoms with van der Waals surface area (Å²) in [5.74, 6) is -0.565. The molecule has 2 unspecified atom stereocenters. The molecular formula is C36H45N3O5. The first kappa shape index (κ1) is 32.6. The van der Waals surface area contributed by atoms with Crippen LogP contribution in [0.3, 0.4) is 0 Å². The average Bonchev–Trinajstić information content (AvgIpc) is 2.90. The van der Waals surface area contributed by atoms with Gasteiger partial charge in [-0.25, -0.2) is 4.79 Å². The Morgan fingerprint density at radius 2 is 1.43 bits per heavy atom. The molecule has 0 saturated heterocycles. The number of carbonyl (C=O) groups is 3. The Bertz CT molecular complexity index is 1460. The maximum Gasteiger partial charge on any atom is 0.408 e. The SMILES string of the molecule is Cc1cccc(C)c1NC(=O)C(c1c(C)cccc1C)N(C(=O)C(Cc1ccc(O)cc1)NC(=O)OC(C)(C)C)C1CCC1. The van der Waals surface area contributed by atoms with Crippen LogP contribution in [0.25, 0.3) is 0 Å². The molecule has 2 atom stereocenters. The summed E-state index contributed by atoms with van der Waals surface area (Å²) >= 11 is 0. The molecule has 0 aromatic heterocycles. The zero-order valence-electron chi connectivity index (χ0n) is 26.9. The van der Waals surface area contributed by atoms with Gasteiger partial charge in [0.15, 0.2) is 0 Å². The van der Waals surface area contributed by atoms with Crippen LogP contribution in [-0.4, -0.2) is 45.6 Å². The van der Waals surface area contributed by atoms with Gasteiger partial charge in [-0.3, -0.25) is 9.59 Å². The summed E-state index contributed by atoms with van der Waals surface area (Å²) in [6.45, 7) is 13.1. The zero-order valence-corrected chi connectivity index (χ0v) is 26.9. The van der Waals surface area contributed by atoms with E-state index in [-0.39, 0.29) is 30.0 Å². The fourth-order valence-corrected chi connectivity index (χ4v) is 5.74. The number of anilines is 1. The molecule has 0 spiro atoms. The molecule has 4 rings (SSSR count). The summed E-state index contributed by atoms with van der Waals surface area (Å²) in [7, 11) is 0. The zero-order chi connectivity index (χ0) is 32.2. The van der Waals surface area contributed by atoms with Crippen molar-refractivity contribution in [2.75, 3.05) is 5.32 Å². The number of phenolic OH excluding ortho intramolecular Hbond substituents is 1. The number of amides is 3. The molecule has 3 aromatic rings. The number of nitrogens with one attached hydrogen (secondary N) is 2. The number of benzene rings is 3. The number of para-hydroxylation sites is 1. The molecule has 3 amide bonds. The number of phenols is 1. The molecule has 1 aliphatic rings. The molecule has 234 valence electrons. The molecule has 0 heterocycles. The van der Waals surface area contributed by atoms with Gasteiger partial charge in [0.2, 0.25) is 5.91 Å². The van der Waals surface area contributed by atoms with Crippen molar-refractivity contribution in [3.63, 3.8) is 0 Å². The second kappa shape index (κ2) is 13.5. The Morgan fingerprint density at radius 1 is 0.886 bits per heavy atom. The molecule has 3 N–H and O–H groups in total. The van der Waals surface area contributed by atoms with Gasteiger partial charge in [0, 0.05) is 18.2 Å². The van der Waals surface area contributed by atoms with Crippen LogP contribution < -0.4 is 10.6 Å². The summed E-state index contributed by atoms with van der Waals surface area (Å²) < 4.78 is 5.55. The minimum atomic E-state index is -1.02. The summed E-state index contributed by atoms with van der Waals surface area (Å²) in [4.78, 5) is 44.1. The van der Waals surface area contributed by atoms with Crippen LogP contribution >= 0.6 is 0 Å². The highest BCUT2D eigenvalue weighted by atomic mass is 16.6. The third-order valence-electron chi connectivity index (χ3n) is 8.16. The number of nitrogens with zero attached hydrogens (tertiary/aromatic N) is 1. The lowest BCUT2D eigenvalue weighted by Gasteiger charge is -2.44. The van der Waals surface area contributed by atoms with Crippen molar-refractivity contribution >= 4 is 23.6 Å². The van der Waals surface area contributed by atoms with E-state index < -0.39 is 23.8 Å². The van der Waals surface area contributed by atoms with Gasteiger partial charge in [0.1, 0.15) is 23.4 Å². The molecule has 1 fully saturated rings. The van der Waals surface area contributed by atoms with Gasteiger partial charge >= 0.3 is 6.09 Å². The van der Waals surface area contributed by atoms with Gasteiger partial charge in [0.25, 0.3) is 5.91 Å². The monoisotopic (exact) mass is 599 g/mol. The molecule has 1 aliphatic carbocycles. The van der Waals surface area contributed by atoms with E-state index in [9.17, 15) is 19.5 Å². The van der Waals surface area contributed by atoms with Gasteiger partial charge in [-0.15, -0.1) is 0 Å². The lowest BCUT2D eigenvalue weighted by molar-refractivity contribution is -0.145. The second-order valence-electron chi connectivity index (χ2n) is 12.9. The summed E-state index contributed by atoms with van der Waals surface area (Å²) in [5, 5.41) is 15.8. The molecule has 8 nitrogen and oxygen atoms in total. The molecule has 0 radical (unpaired) electrons. The van der Waals surface area contributed by atoms with Gasteiger partial charge in [-0.2, -0.15) is 0 Å². The Hall–Kier alpha value is -4.33. The second-order valence-corrected chi connectivity index (χ2v) is 12.9. The van der Waals surface area contributed by atoms with Crippen LogP contribution in [0.1, 0.15) is 79.5 Å². The molecule has 8 heteroatoms. The van der Waals surface area contributed by atoms with Crippen LogP contribution in [-0.2, 0) is 20.7 Å². The molecular weight excluding hydrogens is 554 g/mol. The predicted molar refractivity (Wildman–Crippen MR) is 173 cm³/mol. The standard InChI is InChI=1S/C36H45N3O5/c1-22-11-8-12-23(2)30(22)32(33(41)38-31-24(3)13-9-14-25(31)4)39(27-15-10-16-27)34(42)29(37-35(43)44-36(5,6)7)21-26-17-19-28(40)20-18-26/h8-9,11-14,17-20,27,29,32,40H,10,15-16,21H2,1-7H3,(H,37,43)(H,38,41). The predicted octanol–water partition coefficient (Wildman–Crippen LogP) is 6.82. The number of carbonyl (C=O) groups excluding carboxylic acids is 3. The first-order valence-electron chi connectivity index (χ1n) is 15.3. The van der Waals surface area contributed by atoms with Gasteiger partial charge in [-0.1, -0.05) is 48.5 Å². The van der Waals surface area contributed by atoms with Crippen molar-refractivity contribution in [3.05, 3.63) is 94.0 Å². The van der Waals surface area contributed by atoms with Crippen molar-refractivity contribution in [1.82, 2.24) is 10.2 Å². The quantitative estimate of drug-likeness (QED) is 0.250. The van der Waals surface area contributed by atoms with E-state index >= 15 is 0 Å². The summed E-state index contributed by atoms with van der Waals surface area (Å²) in [6.07, 6.45) is 1.88. The van der Waals surface area contributed by atoms with Crippen molar-refractivity contribution in [3.8, 4) is 5.75 Å². The van der Waals surface area contributed by atoms with E-state index in [4.69, 9.17) is 4.74 Å². The topological polar surface area (TPSA) is 108 Å². The number of hydrogen-bond acceptors (Lipinski definition) is 5. The average molecular weight is 600 g/mol. The van der Waals surface area contributed by atoms with Crippen LogP contribution in [0.4, 0.5) is 10.5 Å². The minimum Gasteiger partial charge on any atom is -0.508 e. The van der Waals surface area contributed by atoms with Crippen molar-refractivity contribution in [1.29, 1.82) is 0 Å². The highest BCUT2D eigenvalue weighted by Crippen LogP contribution is 2.37. The largest absolute Gasteiger partial charge is 0.508 e. The number of aromatic hydroxyl groups is 1. The molecule has 0 aliphatic heterocycles. The van der Waals surface area contributed by atoms with E-state index in [1.807, 2.05) is 64.1 Å². The lowest BCUT2D eigenvalue weighted by Crippen LogP contribution is -2.57. The van der Waals surface area contributed by atoms with E-state index in [1.165, 1.54) is 0 Å². The van der Waals surface area contributed by atoms with Crippen molar-refractivity contribution in [2.24, 2.45) is 0 Å². The Labute approximate surface area is 260 Å². The number of aryl methyl sites for hydroxylation is 4. The highest BCUT2D eigenvalue weighted by molar-refractivity contribution is 6.00. The smallest absolute Gasteiger partial charge is 0.408 e. The van der Waals surface area contributed by atoms with Crippen molar-refractivity contribution in [2.45, 2.75) is 97.9 Å². The Balaban J connectivity index is 1.81. The fourth-order valence-electron chi connectivity index (χ4n) is 5.74. The van der Waals surface area contributed by atoms with Crippen LogP contribution in [0.5, 0.6) is 5.75 Å². The Morgan fingerprint density at radius 3 is 1.93 bits per heavy atom. The molecule has 3 aromatic carbocycles. The minimum absolute atomic E-state index is 0.103. The van der Waals surface area contributed by atoms with E-state index in [1.54, 1.807) is 49.9 Å². The van der Waals surface area contributed by atoms with Crippen LogP contribution in [0.2, 0.25) is 0 Å². The Kier molecular flexibility index (Phi) is 10.0. The number of rotatable bonds is 9. The highest BCUT2D eigenvalue weighted by Gasteiger charge is 2.43. The van der Waals surface area contributed by atoms with E-state index in [2.05, 4.69) is 10.6 Å². The van der Waals surface area contributed by atoms with E-state index in [0.29, 0.717) is 0 Å². The fraction of sp³-hybridized carbons (Fsp3) is 0.417. The number of ether oxygens (including phenoxy) is 1. The molecule has 1 saturated carbocycles. The van der Waals surface area contributed by atoms with Crippen LogP contribution in [0, 0.1) is 27.7 Å². The third-order valence-corrected chi connectivity index (χ3v) is 8.16. The maximum absolute atomic E-state index is 14.8. The van der Waals surface area contributed by atoms with Crippen molar-refractivity contribution < 1.29 is 24.2 Å². The number of alkyl carbamates (subject to hydrolysis) is 1. The van der Waals surface area contributed by atoms with Gasteiger partial charge in [0.05, 0.1) is 0 Å². The summed E-state index contributed by atoms with van der Waals surface area (Å²) in [6, 6.07) is 16.1. The maximum atomic E-state index is 14.8. The first-order chi connectivity index (χ1) is 20.7. The molecule has 44 heavy (non-hydrogen) atoms. The third kappa shape index (κ3) is 7.78. The van der Waals surface area contributed by atoms with Crippen LogP contribution in [0.15, 0.2) is 60.7 Å². The normalized spacial score (nSPS) is 14.6. The van der Waals surface area contributed by atoms with Gasteiger partial charge in [-0.05, 0) is 113 Å². The summed E-state index contributed by atoms with van der Waals surface area (Å²) in [5.41, 5.74) is 5.14. The molecule has 0 bridgehead atoms.